The number of benzene rings is 1. The number of pyridine rings is 1. The maximum Gasteiger partial charge on any atom is 0.255 e. The third kappa shape index (κ3) is 2.17. The highest BCUT2D eigenvalue weighted by atomic mass is 16.5. The summed E-state index contributed by atoms with van der Waals surface area (Å²) in [6, 6.07) is 10.1. The highest BCUT2D eigenvalue weighted by Gasteiger charge is 2.19. The van der Waals surface area contributed by atoms with Crippen LogP contribution in [0.1, 0.15) is 24.4 Å². The average molecular weight is 258 g/mol. The van der Waals surface area contributed by atoms with E-state index in [0.717, 1.165) is 37.0 Å². The second kappa shape index (κ2) is 5.15. The van der Waals surface area contributed by atoms with Crippen molar-refractivity contribution in [2.45, 2.75) is 25.4 Å². The van der Waals surface area contributed by atoms with Gasteiger partial charge in [0.1, 0.15) is 0 Å². The molecule has 100 valence electrons. The molecule has 1 aromatic carbocycles. The van der Waals surface area contributed by atoms with Gasteiger partial charge in [0.05, 0.1) is 5.52 Å². The Morgan fingerprint density at radius 1 is 1.26 bits per heavy atom. The zero-order valence-electron chi connectivity index (χ0n) is 10.8. The van der Waals surface area contributed by atoms with Crippen LogP contribution in [0.25, 0.3) is 10.9 Å². The number of nitrogens with two attached hydrogens (primary N) is 1. The molecule has 1 fully saturated rings. The van der Waals surface area contributed by atoms with E-state index in [2.05, 4.69) is 0 Å². The third-order valence-electron chi connectivity index (χ3n) is 3.80. The molecule has 0 bridgehead atoms. The number of aromatic nitrogens is 1. The summed E-state index contributed by atoms with van der Waals surface area (Å²) < 4.78 is 7.31. The molecule has 2 aromatic rings. The molecule has 19 heavy (non-hydrogen) atoms. The predicted octanol–water partition coefficient (Wildman–Crippen LogP) is 1.81. The van der Waals surface area contributed by atoms with Crippen molar-refractivity contribution in [2.24, 2.45) is 5.73 Å². The number of hydrogen-bond acceptors (Lipinski definition) is 3. The van der Waals surface area contributed by atoms with E-state index in [1.54, 1.807) is 0 Å². The Morgan fingerprint density at radius 2 is 2.00 bits per heavy atom. The average Bonchev–Trinajstić information content (AvgIpc) is 2.47. The normalized spacial score (nSPS) is 16.9. The number of nitrogens with zero attached hydrogens (tertiary/aromatic N) is 1. The maximum absolute atomic E-state index is 12.6. The molecule has 1 aliphatic heterocycles. The van der Waals surface area contributed by atoms with Crippen LogP contribution in [0.3, 0.4) is 0 Å². The first-order chi connectivity index (χ1) is 9.31. The molecule has 2 heterocycles. The van der Waals surface area contributed by atoms with Crippen LogP contribution in [-0.4, -0.2) is 17.8 Å². The predicted molar refractivity (Wildman–Crippen MR) is 75.2 cm³/mol. The number of hydrogen-bond donors (Lipinski definition) is 1. The number of ether oxygens (including phenoxy) is 1. The van der Waals surface area contributed by atoms with E-state index in [-0.39, 0.29) is 18.1 Å². The van der Waals surface area contributed by atoms with Crippen molar-refractivity contribution in [3.05, 3.63) is 46.2 Å². The van der Waals surface area contributed by atoms with E-state index in [0.29, 0.717) is 5.56 Å². The third-order valence-corrected chi connectivity index (χ3v) is 3.80. The summed E-state index contributed by atoms with van der Waals surface area (Å²) in [5.41, 5.74) is 7.43. The van der Waals surface area contributed by atoms with Crippen LogP contribution >= 0.6 is 0 Å². The number of rotatable bonds is 2. The van der Waals surface area contributed by atoms with Gasteiger partial charge in [-0.05, 0) is 30.4 Å². The van der Waals surface area contributed by atoms with Crippen molar-refractivity contribution in [1.82, 2.24) is 4.57 Å². The second-order valence-electron chi connectivity index (χ2n) is 4.95. The van der Waals surface area contributed by atoms with Crippen LogP contribution in [0.2, 0.25) is 0 Å². The Hall–Kier alpha value is -1.65. The molecule has 4 nitrogen and oxygen atoms in total. The molecule has 0 saturated carbocycles. The minimum absolute atomic E-state index is 0.0492. The zero-order chi connectivity index (χ0) is 13.2. The van der Waals surface area contributed by atoms with Crippen LogP contribution in [0.4, 0.5) is 0 Å². The van der Waals surface area contributed by atoms with Gasteiger partial charge in [0.15, 0.2) is 0 Å². The van der Waals surface area contributed by atoms with Gasteiger partial charge in [-0.1, -0.05) is 18.2 Å². The van der Waals surface area contributed by atoms with Crippen molar-refractivity contribution < 1.29 is 4.74 Å². The number of fused-ring (bicyclic) bond motifs is 1. The van der Waals surface area contributed by atoms with E-state index in [9.17, 15) is 4.79 Å². The van der Waals surface area contributed by atoms with Gasteiger partial charge in [-0.15, -0.1) is 0 Å². The van der Waals surface area contributed by atoms with Gasteiger partial charge in [-0.25, -0.2) is 0 Å². The molecular formula is C15H18N2O2. The van der Waals surface area contributed by atoms with Crippen molar-refractivity contribution in [3.8, 4) is 0 Å². The lowest BCUT2D eigenvalue weighted by atomic mass is 10.1. The summed E-state index contributed by atoms with van der Waals surface area (Å²) in [6.07, 6.45) is 1.77. The maximum atomic E-state index is 12.6. The second-order valence-corrected chi connectivity index (χ2v) is 4.95. The standard InChI is InChI=1S/C15H18N2O2/c16-10-12-9-11-3-1-2-4-14(11)17(15(12)18)13-5-7-19-8-6-13/h1-4,9,13H,5-8,10,16H2. The molecule has 0 amide bonds. The van der Waals surface area contributed by atoms with E-state index in [4.69, 9.17) is 10.5 Å². The van der Waals surface area contributed by atoms with Gasteiger partial charge in [0.2, 0.25) is 0 Å². The van der Waals surface area contributed by atoms with E-state index >= 15 is 0 Å². The summed E-state index contributed by atoms with van der Waals surface area (Å²) in [7, 11) is 0. The zero-order valence-corrected chi connectivity index (χ0v) is 10.8. The summed E-state index contributed by atoms with van der Waals surface area (Å²) >= 11 is 0. The van der Waals surface area contributed by atoms with Gasteiger partial charge >= 0.3 is 0 Å². The molecule has 0 atom stereocenters. The van der Waals surface area contributed by atoms with E-state index < -0.39 is 0 Å². The van der Waals surface area contributed by atoms with Crippen molar-refractivity contribution in [3.63, 3.8) is 0 Å². The first-order valence-corrected chi connectivity index (χ1v) is 6.72. The Morgan fingerprint density at radius 3 is 2.74 bits per heavy atom. The first kappa shape index (κ1) is 12.4. The molecule has 4 heteroatoms. The summed E-state index contributed by atoms with van der Waals surface area (Å²) in [5, 5.41) is 1.08. The highest BCUT2D eigenvalue weighted by molar-refractivity contribution is 5.79. The van der Waals surface area contributed by atoms with Crippen molar-refractivity contribution in [1.29, 1.82) is 0 Å². The number of para-hydroxylation sites is 1. The van der Waals surface area contributed by atoms with Crippen LogP contribution in [0.15, 0.2) is 35.1 Å². The lowest BCUT2D eigenvalue weighted by molar-refractivity contribution is 0.0698. The largest absolute Gasteiger partial charge is 0.381 e. The van der Waals surface area contributed by atoms with Gasteiger partial charge in [0.25, 0.3) is 5.56 Å². The Balaban J connectivity index is 2.24. The summed E-state index contributed by atoms with van der Waals surface area (Å²) in [4.78, 5) is 12.6. The molecule has 0 unspecified atom stereocenters. The highest BCUT2D eigenvalue weighted by Crippen LogP contribution is 2.24. The van der Waals surface area contributed by atoms with Gasteiger partial charge in [-0.3, -0.25) is 4.79 Å². The summed E-state index contributed by atoms with van der Waals surface area (Å²) in [5.74, 6) is 0. The lowest BCUT2D eigenvalue weighted by Gasteiger charge is -2.26. The molecular weight excluding hydrogens is 240 g/mol. The van der Waals surface area contributed by atoms with E-state index in [1.165, 1.54) is 0 Å². The fourth-order valence-electron chi connectivity index (χ4n) is 2.79. The molecule has 1 saturated heterocycles. The lowest BCUT2D eigenvalue weighted by Crippen LogP contribution is -2.32. The Bertz CT molecular complexity index is 642. The molecule has 3 rings (SSSR count). The molecule has 1 aromatic heterocycles. The fraction of sp³-hybridized carbons (Fsp3) is 0.400. The van der Waals surface area contributed by atoms with Gasteiger partial charge in [-0.2, -0.15) is 0 Å². The fourth-order valence-corrected chi connectivity index (χ4v) is 2.79. The van der Waals surface area contributed by atoms with Crippen molar-refractivity contribution >= 4 is 10.9 Å². The SMILES string of the molecule is NCc1cc2ccccc2n(C2CCOCC2)c1=O. The quantitative estimate of drug-likeness (QED) is 0.893. The molecule has 0 aliphatic carbocycles. The van der Waals surface area contributed by atoms with Crippen LogP contribution in [-0.2, 0) is 11.3 Å². The minimum Gasteiger partial charge on any atom is -0.381 e. The topological polar surface area (TPSA) is 57.2 Å². The van der Waals surface area contributed by atoms with Crippen LogP contribution in [0.5, 0.6) is 0 Å². The minimum atomic E-state index is 0.0492. The first-order valence-electron chi connectivity index (χ1n) is 6.72. The monoisotopic (exact) mass is 258 g/mol. The van der Waals surface area contributed by atoms with Gasteiger partial charge < -0.3 is 15.0 Å². The summed E-state index contributed by atoms with van der Waals surface area (Å²) in [6.45, 7) is 1.73. The van der Waals surface area contributed by atoms with Gasteiger partial charge in [0, 0.05) is 31.4 Å². The Kier molecular flexibility index (Phi) is 3.36. The van der Waals surface area contributed by atoms with Crippen LogP contribution < -0.4 is 11.3 Å². The smallest absolute Gasteiger partial charge is 0.255 e. The van der Waals surface area contributed by atoms with E-state index in [1.807, 2.05) is 34.9 Å². The van der Waals surface area contributed by atoms with Crippen molar-refractivity contribution in [2.75, 3.05) is 13.2 Å². The molecule has 2 N–H and O–H groups in total. The molecule has 1 aliphatic rings. The molecule has 0 radical (unpaired) electrons. The van der Waals surface area contributed by atoms with Crippen LogP contribution in [0, 0.1) is 0 Å². The Labute approximate surface area is 111 Å². The molecule has 0 spiro atoms.